The number of carbonyl (C=O) groups excluding carboxylic acids is 1. The third-order valence-electron chi connectivity index (χ3n) is 5.24. The molecule has 2 heterocycles. The quantitative estimate of drug-likeness (QED) is 0.717. The lowest BCUT2D eigenvalue weighted by molar-refractivity contribution is -0.121. The Morgan fingerprint density at radius 3 is 2.41 bits per heavy atom. The highest BCUT2D eigenvalue weighted by Gasteiger charge is 2.15. The summed E-state index contributed by atoms with van der Waals surface area (Å²) in [6, 6.07) is 12.9. The lowest BCUT2D eigenvalue weighted by Gasteiger charge is -2.34. The number of hydrogen-bond donors (Lipinski definition) is 1. The van der Waals surface area contributed by atoms with E-state index < -0.39 is 0 Å². The molecule has 2 aromatic rings. The van der Waals surface area contributed by atoms with Gasteiger partial charge in [-0.05, 0) is 42.0 Å². The lowest BCUT2D eigenvalue weighted by Crippen LogP contribution is -2.45. The Labute approximate surface area is 167 Å². The number of likely N-dealkylation sites (N-methyl/N-ethyl adjacent to an activating group) is 1. The molecule has 0 saturated carbocycles. The van der Waals surface area contributed by atoms with E-state index in [1.54, 1.807) is 11.3 Å². The third-order valence-corrected chi connectivity index (χ3v) is 6.17. The van der Waals surface area contributed by atoms with Gasteiger partial charge in [0.25, 0.3) is 0 Å². The van der Waals surface area contributed by atoms with Crippen LogP contribution in [0, 0.1) is 0 Å². The van der Waals surface area contributed by atoms with Crippen molar-refractivity contribution in [1.29, 1.82) is 0 Å². The number of carbonyl (C=O) groups is 1. The average molecular weight is 386 g/mol. The Balaban J connectivity index is 1.34. The van der Waals surface area contributed by atoms with Crippen LogP contribution in [0.4, 0.5) is 0 Å². The van der Waals surface area contributed by atoms with E-state index in [9.17, 15) is 4.79 Å². The van der Waals surface area contributed by atoms with Crippen LogP contribution in [0.1, 0.15) is 35.8 Å². The Hall–Kier alpha value is -1.69. The number of amides is 1. The monoisotopic (exact) mass is 385 g/mol. The molecule has 1 aliphatic heterocycles. The van der Waals surface area contributed by atoms with Crippen molar-refractivity contribution in [3.63, 3.8) is 0 Å². The fourth-order valence-corrected chi connectivity index (χ4v) is 4.20. The highest BCUT2D eigenvalue weighted by molar-refractivity contribution is 7.09. The molecule has 1 aliphatic rings. The number of nitrogens with one attached hydrogen (secondary N) is 1. The summed E-state index contributed by atoms with van der Waals surface area (Å²) in [6.07, 6.45) is 2.50. The summed E-state index contributed by atoms with van der Waals surface area (Å²) in [5.41, 5.74) is 2.52. The zero-order chi connectivity index (χ0) is 18.9. The van der Waals surface area contributed by atoms with Gasteiger partial charge in [0.05, 0.1) is 0 Å². The van der Waals surface area contributed by atoms with E-state index in [2.05, 4.69) is 63.8 Å². The number of aryl methyl sites for hydroxylation is 1. The molecule has 0 atom stereocenters. The first-order chi connectivity index (χ1) is 13.2. The lowest BCUT2D eigenvalue weighted by atomic mass is 10.1. The summed E-state index contributed by atoms with van der Waals surface area (Å²) in [4.78, 5) is 18.4. The van der Waals surface area contributed by atoms with Gasteiger partial charge in [0.2, 0.25) is 5.91 Å². The van der Waals surface area contributed by atoms with Gasteiger partial charge < -0.3 is 10.2 Å². The fourth-order valence-electron chi connectivity index (χ4n) is 3.45. The van der Waals surface area contributed by atoms with Crippen LogP contribution >= 0.6 is 11.3 Å². The summed E-state index contributed by atoms with van der Waals surface area (Å²) in [5, 5.41) is 5.13. The van der Waals surface area contributed by atoms with Crippen molar-refractivity contribution in [1.82, 2.24) is 15.1 Å². The summed E-state index contributed by atoms with van der Waals surface area (Å²) >= 11 is 1.76. The Kier molecular flexibility index (Phi) is 7.87. The number of rotatable bonds is 9. The number of piperazine rings is 1. The first-order valence-electron chi connectivity index (χ1n) is 10.0. The predicted octanol–water partition coefficient (Wildman–Crippen LogP) is 3.52. The largest absolute Gasteiger partial charge is 0.352 e. The van der Waals surface area contributed by atoms with Gasteiger partial charge in [-0.1, -0.05) is 37.3 Å². The smallest absolute Gasteiger partial charge is 0.220 e. The van der Waals surface area contributed by atoms with Gasteiger partial charge in [0.15, 0.2) is 0 Å². The van der Waals surface area contributed by atoms with Crippen LogP contribution in [0.2, 0.25) is 0 Å². The van der Waals surface area contributed by atoms with Crippen molar-refractivity contribution in [3.8, 4) is 0 Å². The highest BCUT2D eigenvalue weighted by Crippen LogP contribution is 2.12. The van der Waals surface area contributed by atoms with E-state index in [4.69, 9.17) is 0 Å². The van der Waals surface area contributed by atoms with Crippen molar-refractivity contribution in [2.45, 2.75) is 39.3 Å². The van der Waals surface area contributed by atoms with Crippen molar-refractivity contribution >= 4 is 17.2 Å². The van der Waals surface area contributed by atoms with Crippen LogP contribution in [-0.4, -0.2) is 48.4 Å². The van der Waals surface area contributed by atoms with E-state index >= 15 is 0 Å². The summed E-state index contributed by atoms with van der Waals surface area (Å²) < 4.78 is 0. The summed E-state index contributed by atoms with van der Waals surface area (Å²) in [7, 11) is 0. The summed E-state index contributed by atoms with van der Waals surface area (Å²) in [6.45, 7) is 9.67. The molecule has 0 radical (unpaired) electrons. The molecule has 0 unspecified atom stereocenters. The standard InChI is InChI=1S/C22H31N3OS/c1-2-24-12-14-25(15-13-24)18-20-10-8-19(9-11-20)17-23-22(26)7-3-5-21-6-4-16-27-21/h4,6,8-11,16H,2-3,5,7,12-15,17-18H2,1H3,(H,23,26). The van der Waals surface area contributed by atoms with Gasteiger partial charge >= 0.3 is 0 Å². The molecule has 5 heteroatoms. The van der Waals surface area contributed by atoms with Crippen molar-refractivity contribution in [2.75, 3.05) is 32.7 Å². The number of nitrogens with zero attached hydrogens (tertiary/aromatic N) is 2. The molecule has 1 aromatic carbocycles. The van der Waals surface area contributed by atoms with Crippen LogP contribution in [0.25, 0.3) is 0 Å². The molecular weight excluding hydrogens is 354 g/mol. The Morgan fingerprint density at radius 2 is 1.74 bits per heavy atom. The normalized spacial score (nSPS) is 15.7. The minimum absolute atomic E-state index is 0.143. The fraction of sp³-hybridized carbons (Fsp3) is 0.500. The number of thiophene rings is 1. The second-order valence-corrected chi connectivity index (χ2v) is 8.27. The molecule has 4 nitrogen and oxygen atoms in total. The van der Waals surface area contributed by atoms with Crippen molar-refractivity contribution in [3.05, 3.63) is 57.8 Å². The maximum absolute atomic E-state index is 12.0. The molecule has 1 aromatic heterocycles. The topological polar surface area (TPSA) is 35.6 Å². The first-order valence-corrected chi connectivity index (χ1v) is 10.9. The molecule has 146 valence electrons. The zero-order valence-corrected chi connectivity index (χ0v) is 17.1. The molecule has 1 N–H and O–H groups in total. The first kappa shape index (κ1) is 20.1. The molecule has 0 aliphatic carbocycles. The molecule has 0 spiro atoms. The molecular formula is C22H31N3OS. The van der Waals surface area contributed by atoms with Crippen molar-refractivity contribution < 1.29 is 4.79 Å². The van der Waals surface area contributed by atoms with Gasteiger partial charge in [0.1, 0.15) is 0 Å². The Bertz CT molecular complexity index is 676. The Morgan fingerprint density at radius 1 is 1.04 bits per heavy atom. The van der Waals surface area contributed by atoms with Crippen LogP contribution in [0.5, 0.6) is 0 Å². The van der Waals surface area contributed by atoms with Gasteiger partial charge in [0, 0.05) is 50.6 Å². The molecule has 27 heavy (non-hydrogen) atoms. The molecule has 1 saturated heterocycles. The third kappa shape index (κ3) is 6.76. The van der Waals surface area contributed by atoms with Crippen molar-refractivity contribution in [2.24, 2.45) is 0 Å². The van der Waals surface area contributed by atoms with Gasteiger partial charge in [-0.3, -0.25) is 9.69 Å². The number of benzene rings is 1. The highest BCUT2D eigenvalue weighted by atomic mass is 32.1. The molecule has 0 bridgehead atoms. The minimum Gasteiger partial charge on any atom is -0.352 e. The average Bonchev–Trinajstić information content (AvgIpc) is 3.21. The maximum Gasteiger partial charge on any atom is 0.220 e. The van der Waals surface area contributed by atoms with Crippen LogP contribution in [0.3, 0.4) is 0 Å². The molecule has 1 amide bonds. The van der Waals surface area contributed by atoms with E-state index in [1.165, 1.54) is 29.1 Å². The minimum atomic E-state index is 0.143. The van der Waals surface area contributed by atoms with E-state index in [-0.39, 0.29) is 5.91 Å². The van der Waals surface area contributed by atoms with E-state index in [1.807, 2.05) is 0 Å². The molecule has 1 fully saturated rings. The van der Waals surface area contributed by atoms with Crippen LogP contribution < -0.4 is 5.32 Å². The predicted molar refractivity (Wildman–Crippen MR) is 113 cm³/mol. The van der Waals surface area contributed by atoms with E-state index in [0.29, 0.717) is 13.0 Å². The van der Waals surface area contributed by atoms with Gasteiger partial charge in [-0.25, -0.2) is 0 Å². The second-order valence-electron chi connectivity index (χ2n) is 7.24. The van der Waals surface area contributed by atoms with Crippen LogP contribution in [0.15, 0.2) is 41.8 Å². The number of hydrogen-bond acceptors (Lipinski definition) is 4. The zero-order valence-electron chi connectivity index (χ0n) is 16.3. The SMILES string of the molecule is CCN1CCN(Cc2ccc(CNC(=O)CCCc3cccs3)cc2)CC1. The maximum atomic E-state index is 12.0. The van der Waals surface area contributed by atoms with Gasteiger partial charge in [-0.15, -0.1) is 11.3 Å². The molecule has 3 rings (SSSR count). The summed E-state index contributed by atoms with van der Waals surface area (Å²) in [5.74, 6) is 0.143. The van der Waals surface area contributed by atoms with Gasteiger partial charge in [-0.2, -0.15) is 0 Å². The van der Waals surface area contributed by atoms with E-state index in [0.717, 1.165) is 39.0 Å². The second kappa shape index (κ2) is 10.6. The van der Waals surface area contributed by atoms with Crippen LogP contribution in [-0.2, 0) is 24.3 Å².